The average molecular weight is 398 g/mol. The molecule has 0 fully saturated rings. The van der Waals surface area contributed by atoms with Crippen molar-refractivity contribution in [3.8, 4) is 17.2 Å². The molecule has 0 spiro atoms. The fraction of sp³-hybridized carbons (Fsp3) is 0.273. The largest absolute Gasteiger partial charge is 0.493 e. The van der Waals surface area contributed by atoms with E-state index in [-0.39, 0.29) is 18.4 Å². The van der Waals surface area contributed by atoms with E-state index < -0.39 is 6.04 Å². The maximum atomic E-state index is 12.3. The van der Waals surface area contributed by atoms with Gasteiger partial charge < -0.3 is 24.8 Å². The lowest BCUT2D eigenvalue weighted by molar-refractivity contribution is -0.126. The van der Waals surface area contributed by atoms with Gasteiger partial charge in [0.25, 0.3) is 0 Å². The van der Waals surface area contributed by atoms with Crippen molar-refractivity contribution in [1.82, 2.24) is 10.6 Å². The molecule has 7 nitrogen and oxygen atoms in total. The first-order valence-electron chi connectivity index (χ1n) is 9.08. The first kappa shape index (κ1) is 21.8. The summed E-state index contributed by atoms with van der Waals surface area (Å²) >= 11 is 0. The molecule has 154 valence electrons. The third kappa shape index (κ3) is 6.27. The average Bonchev–Trinajstić information content (AvgIpc) is 2.75. The Morgan fingerprint density at radius 3 is 2.17 bits per heavy atom. The normalized spacial score (nSPS) is 11.6. The molecule has 2 aromatic carbocycles. The molecule has 2 rings (SSSR count). The minimum atomic E-state index is -0.690. The molecule has 0 aliphatic carbocycles. The van der Waals surface area contributed by atoms with Crippen molar-refractivity contribution in [2.45, 2.75) is 19.5 Å². The summed E-state index contributed by atoms with van der Waals surface area (Å²) in [6.45, 7) is 1.87. The van der Waals surface area contributed by atoms with E-state index in [9.17, 15) is 9.59 Å². The minimum absolute atomic E-state index is 0.246. The molecule has 0 heterocycles. The summed E-state index contributed by atoms with van der Waals surface area (Å²) in [6, 6.07) is 12.3. The standard InChI is InChI=1S/C22H26N2O5/c1-15(24-20(25)11-10-16-8-6-5-7-9-16)22(26)23-14-17-12-18(27-2)21(29-4)19(13-17)28-3/h5-13,15H,14H2,1-4H3,(H,23,26)(H,24,25)/b11-10+/t15-/m0/s1. The van der Waals surface area contributed by atoms with Gasteiger partial charge in [0, 0.05) is 12.6 Å². The Morgan fingerprint density at radius 2 is 1.62 bits per heavy atom. The summed E-state index contributed by atoms with van der Waals surface area (Å²) in [7, 11) is 4.58. The maximum Gasteiger partial charge on any atom is 0.244 e. The van der Waals surface area contributed by atoms with Crippen LogP contribution in [0, 0.1) is 0 Å². The van der Waals surface area contributed by atoms with Crippen molar-refractivity contribution in [3.63, 3.8) is 0 Å². The Bertz CT molecular complexity index is 840. The van der Waals surface area contributed by atoms with Gasteiger partial charge in [-0.25, -0.2) is 0 Å². The Balaban J connectivity index is 1.93. The number of carbonyl (C=O) groups excluding carboxylic acids is 2. The highest BCUT2D eigenvalue weighted by Gasteiger charge is 2.16. The second-order valence-corrected chi connectivity index (χ2v) is 6.23. The maximum absolute atomic E-state index is 12.3. The number of amides is 2. The number of rotatable bonds is 9. The van der Waals surface area contributed by atoms with E-state index in [1.165, 1.54) is 27.4 Å². The van der Waals surface area contributed by atoms with Crippen LogP contribution in [0.15, 0.2) is 48.5 Å². The Hall–Kier alpha value is -3.48. The van der Waals surface area contributed by atoms with E-state index in [0.717, 1.165) is 11.1 Å². The summed E-state index contributed by atoms with van der Waals surface area (Å²) in [5, 5.41) is 5.43. The molecule has 0 unspecified atom stereocenters. The van der Waals surface area contributed by atoms with Gasteiger partial charge in [-0.2, -0.15) is 0 Å². The minimum Gasteiger partial charge on any atom is -0.493 e. The lowest BCUT2D eigenvalue weighted by atomic mass is 10.1. The Morgan fingerprint density at radius 1 is 1.00 bits per heavy atom. The number of nitrogens with one attached hydrogen (secondary N) is 2. The van der Waals surface area contributed by atoms with E-state index in [1.54, 1.807) is 25.1 Å². The number of ether oxygens (including phenoxy) is 3. The van der Waals surface area contributed by atoms with Crippen LogP contribution in [0.5, 0.6) is 17.2 Å². The fourth-order valence-electron chi connectivity index (χ4n) is 2.64. The lowest BCUT2D eigenvalue weighted by Crippen LogP contribution is -2.44. The molecule has 0 radical (unpaired) electrons. The van der Waals surface area contributed by atoms with Crippen LogP contribution < -0.4 is 24.8 Å². The van der Waals surface area contributed by atoms with Crippen molar-refractivity contribution < 1.29 is 23.8 Å². The molecular weight excluding hydrogens is 372 g/mol. The SMILES string of the molecule is COc1cc(CNC(=O)[C@H](C)NC(=O)/C=C/c2ccccc2)cc(OC)c1OC. The molecule has 0 bridgehead atoms. The van der Waals surface area contributed by atoms with Crippen LogP contribution in [-0.4, -0.2) is 39.2 Å². The first-order chi connectivity index (χ1) is 14.0. The topological polar surface area (TPSA) is 85.9 Å². The summed E-state index contributed by atoms with van der Waals surface area (Å²) in [6.07, 6.45) is 3.09. The van der Waals surface area contributed by atoms with E-state index in [4.69, 9.17) is 14.2 Å². The molecule has 0 saturated carbocycles. The zero-order chi connectivity index (χ0) is 21.2. The Kier molecular flexibility index (Phi) is 8.09. The molecule has 2 amide bonds. The van der Waals surface area contributed by atoms with Gasteiger partial charge in [-0.15, -0.1) is 0 Å². The third-order valence-corrected chi connectivity index (χ3v) is 4.17. The summed E-state index contributed by atoms with van der Waals surface area (Å²) < 4.78 is 15.9. The van der Waals surface area contributed by atoms with Crippen molar-refractivity contribution in [3.05, 3.63) is 59.7 Å². The van der Waals surface area contributed by atoms with Crippen molar-refractivity contribution >= 4 is 17.9 Å². The van der Waals surface area contributed by atoms with E-state index in [1.807, 2.05) is 30.3 Å². The van der Waals surface area contributed by atoms with Gasteiger partial charge in [-0.3, -0.25) is 9.59 Å². The molecule has 1 atom stereocenters. The van der Waals surface area contributed by atoms with Crippen molar-refractivity contribution in [2.24, 2.45) is 0 Å². The van der Waals surface area contributed by atoms with Gasteiger partial charge in [0.1, 0.15) is 6.04 Å². The smallest absolute Gasteiger partial charge is 0.244 e. The van der Waals surface area contributed by atoms with Crippen LogP contribution in [0.2, 0.25) is 0 Å². The highest BCUT2D eigenvalue weighted by molar-refractivity contribution is 5.95. The van der Waals surface area contributed by atoms with Crippen LogP contribution in [0.25, 0.3) is 6.08 Å². The van der Waals surface area contributed by atoms with E-state index >= 15 is 0 Å². The number of hydrogen-bond donors (Lipinski definition) is 2. The van der Waals surface area contributed by atoms with E-state index in [2.05, 4.69) is 10.6 Å². The first-order valence-corrected chi connectivity index (χ1v) is 9.08. The third-order valence-electron chi connectivity index (χ3n) is 4.17. The molecule has 7 heteroatoms. The zero-order valence-corrected chi connectivity index (χ0v) is 17.0. The molecule has 29 heavy (non-hydrogen) atoms. The van der Waals surface area contributed by atoms with Gasteiger partial charge >= 0.3 is 0 Å². The summed E-state index contributed by atoms with van der Waals surface area (Å²) in [5.74, 6) is 0.840. The van der Waals surface area contributed by atoms with Crippen LogP contribution in [0.1, 0.15) is 18.1 Å². The van der Waals surface area contributed by atoms with Crippen molar-refractivity contribution in [2.75, 3.05) is 21.3 Å². The van der Waals surface area contributed by atoms with Crippen molar-refractivity contribution in [1.29, 1.82) is 0 Å². The van der Waals surface area contributed by atoms with E-state index in [0.29, 0.717) is 17.2 Å². The monoisotopic (exact) mass is 398 g/mol. The van der Waals surface area contributed by atoms with Crippen LogP contribution in [-0.2, 0) is 16.1 Å². The molecule has 0 saturated heterocycles. The molecule has 0 aliphatic heterocycles. The number of benzene rings is 2. The number of hydrogen-bond acceptors (Lipinski definition) is 5. The zero-order valence-electron chi connectivity index (χ0n) is 17.0. The molecular formula is C22H26N2O5. The quantitative estimate of drug-likeness (QED) is 0.634. The fourth-order valence-corrected chi connectivity index (χ4v) is 2.64. The van der Waals surface area contributed by atoms with Crippen LogP contribution >= 0.6 is 0 Å². The lowest BCUT2D eigenvalue weighted by Gasteiger charge is -2.16. The van der Waals surface area contributed by atoms with Gasteiger partial charge in [-0.1, -0.05) is 30.3 Å². The second-order valence-electron chi connectivity index (χ2n) is 6.23. The predicted molar refractivity (Wildman–Crippen MR) is 111 cm³/mol. The molecule has 2 N–H and O–H groups in total. The van der Waals surface area contributed by atoms with Crippen LogP contribution in [0.3, 0.4) is 0 Å². The predicted octanol–water partition coefficient (Wildman–Crippen LogP) is 2.55. The number of carbonyl (C=O) groups is 2. The Labute approximate surface area is 170 Å². The highest BCUT2D eigenvalue weighted by Crippen LogP contribution is 2.38. The summed E-state index contributed by atoms with van der Waals surface area (Å²) in [4.78, 5) is 24.3. The van der Waals surface area contributed by atoms with Crippen LogP contribution in [0.4, 0.5) is 0 Å². The molecule has 0 aliphatic rings. The molecule has 2 aromatic rings. The van der Waals surface area contributed by atoms with Gasteiger partial charge in [0.2, 0.25) is 17.6 Å². The van der Waals surface area contributed by atoms with Gasteiger partial charge in [0.05, 0.1) is 21.3 Å². The van der Waals surface area contributed by atoms with Gasteiger partial charge in [-0.05, 0) is 36.3 Å². The second kappa shape index (κ2) is 10.8. The van der Waals surface area contributed by atoms with Gasteiger partial charge in [0.15, 0.2) is 11.5 Å². The number of methoxy groups -OCH3 is 3. The highest BCUT2D eigenvalue weighted by atomic mass is 16.5. The molecule has 0 aromatic heterocycles. The summed E-state index contributed by atoms with van der Waals surface area (Å²) in [5.41, 5.74) is 1.68.